The summed E-state index contributed by atoms with van der Waals surface area (Å²) in [6, 6.07) is 4.38. The Kier molecular flexibility index (Phi) is 2.58. The van der Waals surface area contributed by atoms with Crippen LogP contribution in [0.3, 0.4) is 0 Å². The second kappa shape index (κ2) is 3.88. The van der Waals surface area contributed by atoms with Crippen LogP contribution in [0.25, 0.3) is 0 Å². The average molecular weight is 209 g/mol. The normalized spacial score (nSPS) is 18.9. The van der Waals surface area contributed by atoms with Gasteiger partial charge >= 0.3 is 0 Å². The largest absolute Gasteiger partial charge is 0.491 e. The molecule has 0 saturated carbocycles. The summed E-state index contributed by atoms with van der Waals surface area (Å²) in [4.78, 5) is 10.9. The minimum absolute atomic E-state index is 0.0585. The fourth-order valence-corrected chi connectivity index (χ4v) is 1.74. The summed E-state index contributed by atoms with van der Waals surface area (Å²) >= 11 is 0. The van der Waals surface area contributed by atoms with Crippen LogP contribution in [-0.2, 0) is 11.2 Å². The Morgan fingerprint density at radius 3 is 3.13 bits per heavy atom. The van der Waals surface area contributed by atoms with E-state index >= 15 is 0 Å². The molecule has 0 unspecified atom stereocenters. The summed E-state index contributed by atoms with van der Waals surface area (Å²) in [5.74, 6) is 0.335. The zero-order valence-electron chi connectivity index (χ0n) is 8.42. The van der Waals surface area contributed by atoms with E-state index in [1.165, 1.54) is 19.1 Å². The number of halogens is 1. The molecule has 4 heteroatoms. The van der Waals surface area contributed by atoms with Crippen LogP contribution < -0.4 is 10.1 Å². The third-order valence-electron chi connectivity index (χ3n) is 2.34. The van der Waals surface area contributed by atoms with Crippen LogP contribution >= 0.6 is 0 Å². The van der Waals surface area contributed by atoms with Crippen molar-refractivity contribution in [1.29, 1.82) is 0 Å². The Labute approximate surface area is 87.2 Å². The van der Waals surface area contributed by atoms with Gasteiger partial charge in [0.15, 0.2) is 0 Å². The zero-order chi connectivity index (χ0) is 10.8. The van der Waals surface area contributed by atoms with E-state index in [0.717, 1.165) is 5.56 Å². The highest BCUT2D eigenvalue weighted by atomic mass is 19.1. The van der Waals surface area contributed by atoms with Gasteiger partial charge in [-0.1, -0.05) is 0 Å². The maximum Gasteiger partial charge on any atom is 0.217 e. The SMILES string of the molecule is CC(=O)N[C@@H]1COc2ccc(F)cc2C1. The van der Waals surface area contributed by atoms with Crippen LogP contribution in [-0.4, -0.2) is 18.6 Å². The van der Waals surface area contributed by atoms with Gasteiger partial charge < -0.3 is 10.1 Å². The number of amides is 1. The smallest absolute Gasteiger partial charge is 0.217 e. The minimum atomic E-state index is -0.277. The molecule has 1 amide bonds. The molecule has 0 fully saturated rings. The van der Waals surface area contributed by atoms with Crippen molar-refractivity contribution in [2.75, 3.05) is 6.61 Å². The van der Waals surface area contributed by atoms with Crippen molar-refractivity contribution >= 4 is 5.91 Å². The van der Waals surface area contributed by atoms with E-state index in [4.69, 9.17) is 4.74 Å². The molecule has 0 aliphatic carbocycles. The number of ether oxygens (including phenoxy) is 1. The quantitative estimate of drug-likeness (QED) is 0.756. The van der Waals surface area contributed by atoms with E-state index in [9.17, 15) is 9.18 Å². The van der Waals surface area contributed by atoms with Crippen molar-refractivity contribution in [2.45, 2.75) is 19.4 Å². The first-order valence-electron chi connectivity index (χ1n) is 4.83. The Bertz CT molecular complexity index is 392. The Hall–Kier alpha value is -1.58. The summed E-state index contributed by atoms with van der Waals surface area (Å²) in [6.07, 6.45) is 0.618. The molecule has 1 aliphatic rings. The van der Waals surface area contributed by atoms with E-state index in [2.05, 4.69) is 5.32 Å². The molecule has 0 aromatic heterocycles. The molecule has 1 N–H and O–H groups in total. The van der Waals surface area contributed by atoms with E-state index < -0.39 is 0 Å². The molecule has 1 heterocycles. The molecule has 0 bridgehead atoms. The first-order chi connectivity index (χ1) is 7.15. The molecule has 15 heavy (non-hydrogen) atoms. The van der Waals surface area contributed by atoms with E-state index in [-0.39, 0.29) is 17.8 Å². The number of rotatable bonds is 1. The molecule has 0 radical (unpaired) electrons. The summed E-state index contributed by atoms with van der Waals surface area (Å²) < 4.78 is 18.4. The minimum Gasteiger partial charge on any atom is -0.491 e. The predicted octanol–water partition coefficient (Wildman–Crippen LogP) is 1.27. The monoisotopic (exact) mass is 209 g/mol. The Morgan fingerprint density at radius 2 is 2.40 bits per heavy atom. The first-order valence-corrected chi connectivity index (χ1v) is 4.83. The van der Waals surface area contributed by atoms with Crippen molar-refractivity contribution < 1.29 is 13.9 Å². The second-order valence-corrected chi connectivity index (χ2v) is 3.66. The van der Waals surface area contributed by atoms with Gasteiger partial charge in [0.2, 0.25) is 5.91 Å². The summed E-state index contributed by atoms with van der Waals surface area (Å²) in [5.41, 5.74) is 0.806. The van der Waals surface area contributed by atoms with Crippen molar-refractivity contribution in [3.05, 3.63) is 29.6 Å². The van der Waals surface area contributed by atoms with Gasteiger partial charge in [0.25, 0.3) is 0 Å². The highest BCUT2D eigenvalue weighted by Crippen LogP contribution is 2.25. The van der Waals surface area contributed by atoms with Crippen LogP contribution in [0.2, 0.25) is 0 Å². The topological polar surface area (TPSA) is 38.3 Å². The molecule has 0 spiro atoms. The highest BCUT2D eigenvalue weighted by molar-refractivity contribution is 5.73. The summed E-state index contributed by atoms with van der Waals surface area (Å²) in [6.45, 7) is 1.90. The average Bonchev–Trinajstić information content (AvgIpc) is 2.16. The number of fused-ring (bicyclic) bond motifs is 1. The molecule has 1 atom stereocenters. The number of carbonyl (C=O) groups is 1. The molecule has 3 nitrogen and oxygen atoms in total. The van der Waals surface area contributed by atoms with Crippen LogP contribution in [0.5, 0.6) is 5.75 Å². The molecule has 0 saturated heterocycles. The first kappa shape index (κ1) is 9.96. The van der Waals surface area contributed by atoms with Crippen molar-refractivity contribution in [1.82, 2.24) is 5.32 Å². The molecule has 1 aliphatic heterocycles. The fourth-order valence-electron chi connectivity index (χ4n) is 1.74. The van der Waals surface area contributed by atoms with E-state index in [1.54, 1.807) is 6.07 Å². The number of hydrogen-bond donors (Lipinski definition) is 1. The van der Waals surface area contributed by atoms with Crippen LogP contribution in [0.15, 0.2) is 18.2 Å². The molecular formula is C11H12FNO2. The third-order valence-corrected chi connectivity index (χ3v) is 2.34. The number of nitrogens with one attached hydrogen (secondary N) is 1. The van der Waals surface area contributed by atoms with Crippen LogP contribution in [0.4, 0.5) is 4.39 Å². The second-order valence-electron chi connectivity index (χ2n) is 3.66. The van der Waals surface area contributed by atoms with E-state index in [1.807, 2.05) is 0 Å². The fraction of sp³-hybridized carbons (Fsp3) is 0.364. The number of hydrogen-bond acceptors (Lipinski definition) is 2. The molecule has 1 aromatic carbocycles. The zero-order valence-corrected chi connectivity index (χ0v) is 8.42. The van der Waals surface area contributed by atoms with Gasteiger partial charge in [-0.05, 0) is 30.2 Å². The van der Waals surface area contributed by atoms with Gasteiger partial charge in [-0.3, -0.25) is 4.79 Å². The maximum atomic E-state index is 12.9. The van der Waals surface area contributed by atoms with Gasteiger partial charge in [0.1, 0.15) is 18.2 Å². The lowest BCUT2D eigenvalue weighted by molar-refractivity contribution is -0.119. The maximum absolute atomic E-state index is 12.9. The summed E-state index contributed by atoms with van der Waals surface area (Å²) in [7, 11) is 0. The van der Waals surface area contributed by atoms with Gasteiger partial charge in [0, 0.05) is 6.92 Å². The Balaban J connectivity index is 2.14. The molecular weight excluding hydrogens is 197 g/mol. The number of benzene rings is 1. The lowest BCUT2D eigenvalue weighted by Crippen LogP contribution is -2.41. The Morgan fingerprint density at radius 1 is 1.60 bits per heavy atom. The van der Waals surface area contributed by atoms with Crippen molar-refractivity contribution in [3.63, 3.8) is 0 Å². The molecule has 2 rings (SSSR count). The lowest BCUT2D eigenvalue weighted by atomic mass is 10.0. The van der Waals surface area contributed by atoms with Crippen molar-refractivity contribution in [3.8, 4) is 5.75 Å². The van der Waals surface area contributed by atoms with Crippen LogP contribution in [0, 0.1) is 5.82 Å². The van der Waals surface area contributed by atoms with Crippen molar-refractivity contribution in [2.24, 2.45) is 0 Å². The third kappa shape index (κ3) is 2.26. The summed E-state index contributed by atoms with van der Waals surface area (Å²) in [5, 5.41) is 2.76. The number of carbonyl (C=O) groups excluding carboxylic acids is 1. The highest BCUT2D eigenvalue weighted by Gasteiger charge is 2.20. The standard InChI is InChI=1S/C11H12FNO2/c1-7(14)13-10-5-8-4-9(12)2-3-11(8)15-6-10/h2-4,10H,5-6H2,1H3,(H,13,14)/t10-/m0/s1. The van der Waals surface area contributed by atoms with Gasteiger partial charge in [0.05, 0.1) is 6.04 Å². The lowest BCUT2D eigenvalue weighted by Gasteiger charge is -2.25. The van der Waals surface area contributed by atoms with Gasteiger partial charge in [-0.15, -0.1) is 0 Å². The van der Waals surface area contributed by atoms with Crippen LogP contribution in [0.1, 0.15) is 12.5 Å². The predicted molar refractivity (Wildman–Crippen MR) is 53.2 cm³/mol. The van der Waals surface area contributed by atoms with E-state index in [0.29, 0.717) is 18.8 Å². The van der Waals surface area contributed by atoms with Gasteiger partial charge in [-0.25, -0.2) is 4.39 Å². The van der Waals surface area contributed by atoms with Gasteiger partial charge in [-0.2, -0.15) is 0 Å². The molecule has 1 aromatic rings. The molecule has 80 valence electrons.